The van der Waals surface area contributed by atoms with Crippen molar-refractivity contribution in [2.45, 2.75) is 45.7 Å². The summed E-state index contributed by atoms with van der Waals surface area (Å²) in [6.45, 7) is 8.53. The zero-order valence-corrected chi connectivity index (χ0v) is 21.2. The van der Waals surface area contributed by atoms with Crippen LogP contribution in [0.5, 0.6) is 0 Å². The van der Waals surface area contributed by atoms with E-state index >= 15 is 0 Å². The Balaban J connectivity index is 1.66. The average Bonchev–Trinajstić information content (AvgIpc) is 3.34. The van der Waals surface area contributed by atoms with Crippen LogP contribution in [0.3, 0.4) is 0 Å². The van der Waals surface area contributed by atoms with E-state index in [9.17, 15) is 4.39 Å². The van der Waals surface area contributed by atoms with E-state index in [0.717, 1.165) is 34.0 Å². The van der Waals surface area contributed by atoms with Crippen LogP contribution in [-0.2, 0) is 0 Å². The Morgan fingerprint density at radius 2 is 1.71 bits per heavy atom. The third-order valence-electron chi connectivity index (χ3n) is 6.79. The maximum atomic E-state index is 14.1. The molecule has 1 aliphatic heterocycles. The maximum absolute atomic E-state index is 14.1. The Bertz CT molecular complexity index is 1360. The molecule has 2 atom stereocenters. The van der Waals surface area contributed by atoms with Gasteiger partial charge in [-0.3, -0.25) is 4.98 Å². The number of thiocarbonyl (C=S) groups is 1. The highest BCUT2D eigenvalue weighted by molar-refractivity contribution is 7.80. The molecular formula is C29H29FN4S. The van der Waals surface area contributed by atoms with Gasteiger partial charge in [0.2, 0.25) is 0 Å². The Labute approximate surface area is 211 Å². The SMILES string of the molecule is Cc1cc([C@H]2[C@@H](c3ccccn3)NC(=S)N2c2ccc(C(C)C)cc2)c(C)n1-c1cccc(F)c1. The largest absolute Gasteiger partial charge is 0.351 e. The highest BCUT2D eigenvalue weighted by Gasteiger charge is 2.42. The van der Waals surface area contributed by atoms with Gasteiger partial charge in [-0.25, -0.2) is 4.39 Å². The molecule has 4 nitrogen and oxygen atoms in total. The monoisotopic (exact) mass is 484 g/mol. The lowest BCUT2D eigenvalue weighted by atomic mass is 9.96. The molecule has 0 amide bonds. The van der Waals surface area contributed by atoms with E-state index in [1.54, 1.807) is 12.1 Å². The van der Waals surface area contributed by atoms with Crippen LogP contribution in [0.2, 0.25) is 0 Å². The van der Waals surface area contributed by atoms with Crippen molar-refractivity contribution < 1.29 is 4.39 Å². The van der Waals surface area contributed by atoms with Crippen molar-refractivity contribution in [1.82, 2.24) is 14.9 Å². The number of aromatic nitrogens is 2. The molecule has 0 spiro atoms. The minimum atomic E-state index is -0.251. The van der Waals surface area contributed by atoms with Crippen LogP contribution >= 0.6 is 12.2 Å². The van der Waals surface area contributed by atoms with Crippen molar-refractivity contribution in [3.63, 3.8) is 0 Å². The van der Waals surface area contributed by atoms with Crippen LogP contribution in [0.1, 0.15) is 60.1 Å². The van der Waals surface area contributed by atoms with Crippen molar-refractivity contribution in [3.05, 3.63) is 113 Å². The van der Waals surface area contributed by atoms with Crippen molar-refractivity contribution in [3.8, 4) is 5.69 Å². The van der Waals surface area contributed by atoms with Crippen LogP contribution < -0.4 is 10.2 Å². The molecule has 35 heavy (non-hydrogen) atoms. The predicted octanol–water partition coefficient (Wildman–Crippen LogP) is 6.93. The summed E-state index contributed by atoms with van der Waals surface area (Å²) in [7, 11) is 0. The summed E-state index contributed by atoms with van der Waals surface area (Å²) in [6, 6.07) is 23.2. The van der Waals surface area contributed by atoms with E-state index in [0.29, 0.717) is 11.0 Å². The van der Waals surface area contributed by atoms with Gasteiger partial charge in [-0.2, -0.15) is 0 Å². The maximum Gasteiger partial charge on any atom is 0.174 e. The summed E-state index contributed by atoms with van der Waals surface area (Å²) in [5.74, 6) is 0.202. The summed E-state index contributed by atoms with van der Waals surface area (Å²) in [5.41, 5.74) is 7.27. The van der Waals surface area contributed by atoms with Gasteiger partial charge in [0.15, 0.2) is 5.11 Å². The molecule has 6 heteroatoms. The normalized spacial score (nSPS) is 17.8. The summed E-state index contributed by atoms with van der Waals surface area (Å²) in [6.07, 6.45) is 1.81. The number of anilines is 1. The van der Waals surface area contributed by atoms with Crippen LogP contribution in [0.4, 0.5) is 10.1 Å². The number of halogens is 1. The molecule has 1 fully saturated rings. The van der Waals surface area contributed by atoms with Gasteiger partial charge in [0.05, 0.1) is 17.8 Å². The third-order valence-corrected chi connectivity index (χ3v) is 7.11. The Morgan fingerprint density at radius 1 is 0.943 bits per heavy atom. The topological polar surface area (TPSA) is 33.1 Å². The number of benzene rings is 2. The molecule has 0 saturated carbocycles. The van der Waals surface area contributed by atoms with Gasteiger partial charge in [0, 0.05) is 29.0 Å². The van der Waals surface area contributed by atoms with Crippen LogP contribution in [0.15, 0.2) is 79.0 Å². The lowest BCUT2D eigenvalue weighted by molar-refractivity contribution is 0.565. The molecular weight excluding hydrogens is 455 g/mol. The molecule has 3 heterocycles. The number of nitrogens with zero attached hydrogens (tertiary/aromatic N) is 3. The molecule has 0 unspecified atom stereocenters. The Kier molecular flexibility index (Phi) is 6.15. The first kappa shape index (κ1) is 23.2. The minimum Gasteiger partial charge on any atom is -0.351 e. The molecule has 0 radical (unpaired) electrons. The summed E-state index contributed by atoms with van der Waals surface area (Å²) < 4.78 is 16.2. The van der Waals surface area contributed by atoms with Gasteiger partial charge in [-0.1, -0.05) is 38.1 Å². The molecule has 4 aromatic rings. The number of nitrogens with one attached hydrogen (secondary N) is 1. The van der Waals surface area contributed by atoms with E-state index in [2.05, 4.69) is 77.8 Å². The van der Waals surface area contributed by atoms with Gasteiger partial charge in [0.25, 0.3) is 0 Å². The molecule has 0 bridgehead atoms. The lowest BCUT2D eigenvalue weighted by Crippen LogP contribution is -2.29. The van der Waals surface area contributed by atoms with E-state index in [-0.39, 0.29) is 17.9 Å². The van der Waals surface area contributed by atoms with Crippen LogP contribution in [0, 0.1) is 19.7 Å². The van der Waals surface area contributed by atoms with E-state index < -0.39 is 0 Å². The van der Waals surface area contributed by atoms with Crippen molar-refractivity contribution in [1.29, 1.82) is 0 Å². The van der Waals surface area contributed by atoms with Crippen molar-refractivity contribution in [2.24, 2.45) is 0 Å². The van der Waals surface area contributed by atoms with Gasteiger partial charge in [-0.05, 0) is 91.6 Å². The smallest absolute Gasteiger partial charge is 0.174 e. The summed E-state index contributed by atoms with van der Waals surface area (Å²) >= 11 is 5.89. The number of rotatable bonds is 5. The zero-order valence-electron chi connectivity index (χ0n) is 20.4. The first-order valence-corrected chi connectivity index (χ1v) is 12.3. The van der Waals surface area contributed by atoms with E-state index in [1.165, 1.54) is 11.6 Å². The van der Waals surface area contributed by atoms with E-state index in [1.807, 2.05) is 30.5 Å². The minimum absolute atomic E-state index is 0.115. The second kappa shape index (κ2) is 9.27. The number of hydrogen-bond donors (Lipinski definition) is 1. The first-order chi connectivity index (χ1) is 16.8. The molecule has 2 aromatic heterocycles. The summed E-state index contributed by atoms with van der Waals surface area (Å²) in [5, 5.41) is 4.20. The second-order valence-corrected chi connectivity index (χ2v) is 9.77. The number of hydrogen-bond acceptors (Lipinski definition) is 2. The van der Waals surface area contributed by atoms with Crippen molar-refractivity contribution >= 4 is 23.0 Å². The molecule has 1 aliphatic rings. The highest BCUT2D eigenvalue weighted by Crippen LogP contribution is 2.43. The Morgan fingerprint density at radius 3 is 2.37 bits per heavy atom. The van der Waals surface area contributed by atoms with Gasteiger partial charge < -0.3 is 14.8 Å². The second-order valence-electron chi connectivity index (χ2n) is 9.38. The van der Waals surface area contributed by atoms with Gasteiger partial charge in [0.1, 0.15) is 5.82 Å². The number of pyridine rings is 1. The fraction of sp³-hybridized carbons (Fsp3) is 0.241. The molecule has 1 N–H and O–H groups in total. The highest BCUT2D eigenvalue weighted by atomic mass is 32.1. The molecule has 2 aromatic carbocycles. The summed E-state index contributed by atoms with van der Waals surface area (Å²) in [4.78, 5) is 6.85. The van der Waals surface area contributed by atoms with Crippen molar-refractivity contribution in [2.75, 3.05) is 4.90 Å². The first-order valence-electron chi connectivity index (χ1n) is 11.9. The van der Waals surface area contributed by atoms with E-state index in [4.69, 9.17) is 12.2 Å². The van der Waals surface area contributed by atoms with Gasteiger partial charge in [-0.15, -0.1) is 0 Å². The quantitative estimate of drug-likeness (QED) is 0.312. The fourth-order valence-electron chi connectivity index (χ4n) is 5.07. The van der Waals surface area contributed by atoms with Crippen LogP contribution in [0.25, 0.3) is 5.69 Å². The molecule has 5 rings (SSSR count). The molecule has 178 valence electrons. The van der Waals surface area contributed by atoms with Crippen LogP contribution in [-0.4, -0.2) is 14.7 Å². The predicted molar refractivity (Wildman–Crippen MR) is 144 cm³/mol. The molecule has 0 aliphatic carbocycles. The number of aryl methyl sites for hydroxylation is 1. The van der Waals surface area contributed by atoms with Gasteiger partial charge >= 0.3 is 0 Å². The Hall–Kier alpha value is -3.51. The molecule has 1 saturated heterocycles. The third kappa shape index (κ3) is 4.23. The fourth-order valence-corrected chi connectivity index (χ4v) is 5.41. The standard InChI is InChI=1S/C29H29FN4S/c1-18(2)21-11-13-23(14-12-21)34-28(27(32-29(34)35)26-10-5-6-15-31-26)25-16-19(3)33(20(25)4)24-9-7-8-22(30)17-24/h5-18,27-28H,1-4H3,(H,32,35)/t27-,28+/m1/s1. The average molecular weight is 485 g/mol. The lowest BCUT2D eigenvalue weighted by Gasteiger charge is -2.28. The zero-order chi connectivity index (χ0) is 24.7.